The third kappa shape index (κ3) is 4.49. The van der Waals surface area contributed by atoms with Gasteiger partial charge in [-0.3, -0.25) is 0 Å². The zero-order valence-electron chi connectivity index (χ0n) is 9.38. The molecular weight excluding hydrogens is 268 g/mol. The van der Waals surface area contributed by atoms with Crippen molar-refractivity contribution >= 4 is 27.6 Å². The lowest BCUT2D eigenvalue weighted by atomic mass is 10.3. The zero-order chi connectivity index (χ0) is 12.0. The van der Waals surface area contributed by atoms with E-state index in [0.29, 0.717) is 0 Å². The molecule has 0 saturated carbocycles. The highest BCUT2D eigenvalue weighted by molar-refractivity contribution is 9.10. The van der Waals surface area contributed by atoms with Crippen molar-refractivity contribution in [2.45, 2.75) is 20.3 Å². The summed E-state index contributed by atoms with van der Waals surface area (Å²) in [5, 5.41) is 5.41. The van der Waals surface area contributed by atoms with Gasteiger partial charge in [-0.1, -0.05) is 28.4 Å². The molecule has 16 heavy (non-hydrogen) atoms. The molecule has 1 aromatic carbocycles. The smallest absolute Gasteiger partial charge is 0.314 e. The fourth-order valence-electron chi connectivity index (χ4n) is 0.991. The number of nitrogens with one attached hydrogen (secondary N) is 2. The molecule has 0 atom stereocenters. The summed E-state index contributed by atoms with van der Waals surface area (Å²) in [7, 11) is 0. The SMILES string of the molecule is CC/C(C)=C/NC(=O)Nc1ccc(Br)cc1. The maximum atomic E-state index is 11.4. The third-order valence-electron chi connectivity index (χ3n) is 2.11. The molecule has 3 nitrogen and oxygen atoms in total. The van der Waals surface area contributed by atoms with E-state index in [-0.39, 0.29) is 6.03 Å². The van der Waals surface area contributed by atoms with Gasteiger partial charge in [0, 0.05) is 16.4 Å². The summed E-state index contributed by atoms with van der Waals surface area (Å²) in [6.45, 7) is 4.01. The molecule has 0 aliphatic carbocycles. The highest BCUT2D eigenvalue weighted by Crippen LogP contribution is 2.13. The van der Waals surface area contributed by atoms with Gasteiger partial charge in [-0.2, -0.15) is 0 Å². The molecule has 0 aliphatic rings. The maximum Gasteiger partial charge on any atom is 0.323 e. The van der Waals surface area contributed by atoms with Crippen LogP contribution in [0.5, 0.6) is 0 Å². The number of halogens is 1. The van der Waals surface area contributed by atoms with E-state index in [1.54, 1.807) is 6.20 Å². The standard InChI is InChI=1S/C12H15BrN2O/c1-3-9(2)8-14-12(16)15-11-6-4-10(13)5-7-11/h4-8H,3H2,1-2H3,(H2,14,15,16)/b9-8+. The van der Waals surface area contributed by atoms with Crippen LogP contribution in [0.2, 0.25) is 0 Å². The molecule has 4 heteroatoms. The Bertz CT molecular complexity index is 385. The molecule has 1 rings (SSSR count). The molecule has 86 valence electrons. The van der Waals surface area contributed by atoms with Gasteiger partial charge in [-0.15, -0.1) is 0 Å². The summed E-state index contributed by atoms with van der Waals surface area (Å²) in [6, 6.07) is 7.20. The number of amides is 2. The molecule has 0 radical (unpaired) electrons. The number of carbonyl (C=O) groups excluding carboxylic acids is 1. The van der Waals surface area contributed by atoms with Crippen LogP contribution in [0.3, 0.4) is 0 Å². The average molecular weight is 283 g/mol. The van der Waals surface area contributed by atoms with Gasteiger partial charge < -0.3 is 10.6 Å². The molecule has 0 spiro atoms. The molecule has 0 aliphatic heterocycles. The van der Waals surface area contributed by atoms with Crippen molar-refractivity contribution in [2.75, 3.05) is 5.32 Å². The molecule has 0 saturated heterocycles. The molecule has 0 aromatic heterocycles. The van der Waals surface area contributed by atoms with Crippen molar-refractivity contribution in [1.82, 2.24) is 5.32 Å². The first-order valence-corrected chi connectivity index (χ1v) is 5.90. The number of allylic oxidation sites excluding steroid dienone is 1. The molecule has 1 aromatic rings. The van der Waals surface area contributed by atoms with Gasteiger partial charge >= 0.3 is 6.03 Å². The number of hydrogen-bond acceptors (Lipinski definition) is 1. The van der Waals surface area contributed by atoms with E-state index >= 15 is 0 Å². The molecular formula is C12H15BrN2O. The van der Waals surface area contributed by atoms with Gasteiger partial charge in [-0.05, 0) is 37.6 Å². The minimum absolute atomic E-state index is 0.227. The predicted molar refractivity (Wildman–Crippen MR) is 70.3 cm³/mol. The Labute approximate surface area is 104 Å². The first-order chi connectivity index (χ1) is 7.61. The van der Waals surface area contributed by atoms with E-state index in [0.717, 1.165) is 22.2 Å². The second-order valence-corrected chi connectivity index (χ2v) is 4.37. The summed E-state index contributed by atoms with van der Waals surface area (Å²) in [6.07, 6.45) is 2.65. The zero-order valence-corrected chi connectivity index (χ0v) is 11.0. The molecule has 0 bridgehead atoms. The Balaban J connectivity index is 2.49. The number of hydrogen-bond donors (Lipinski definition) is 2. The molecule has 0 unspecified atom stereocenters. The van der Waals surface area contributed by atoms with E-state index in [4.69, 9.17) is 0 Å². The van der Waals surface area contributed by atoms with Crippen molar-refractivity contribution in [1.29, 1.82) is 0 Å². The summed E-state index contributed by atoms with van der Waals surface area (Å²) in [5.74, 6) is 0. The van der Waals surface area contributed by atoms with Crippen LogP contribution >= 0.6 is 15.9 Å². The summed E-state index contributed by atoms with van der Waals surface area (Å²) < 4.78 is 0.986. The molecule has 0 heterocycles. The fraction of sp³-hybridized carbons (Fsp3) is 0.250. The second kappa shape index (κ2) is 6.33. The molecule has 2 amide bonds. The lowest BCUT2D eigenvalue weighted by molar-refractivity contribution is 0.255. The van der Waals surface area contributed by atoms with E-state index in [9.17, 15) is 4.79 Å². The highest BCUT2D eigenvalue weighted by Gasteiger charge is 1.98. The van der Waals surface area contributed by atoms with Gasteiger partial charge in [0.1, 0.15) is 0 Å². The summed E-state index contributed by atoms with van der Waals surface area (Å²) >= 11 is 3.33. The first kappa shape index (κ1) is 12.8. The highest BCUT2D eigenvalue weighted by atomic mass is 79.9. The minimum Gasteiger partial charge on any atom is -0.314 e. The van der Waals surface area contributed by atoms with Crippen LogP contribution in [0.4, 0.5) is 10.5 Å². The fourth-order valence-corrected chi connectivity index (χ4v) is 1.26. The number of anilines is 1. The van der Waals surface area contributed by atoms with Crippen LogP contribution in [-0.4, -0.2) is 6.03 Å². The van der Waals surface area contributed by atoms with Crippen molar-refractivity contribution in [2.24, 2.45) is 0 Å². The Morgan fingerprint density at radius 2 is 2.00 bits per heavy atom. The van der Waals surface area contributed by atoms with Gasteiger partial charge in [0.15, 0.2) is 0 Å². The normalized spacial score (nSPS) is 11.1. The van der Waals surface area contributed by atoms with Gasteiger partial charge in [0.2, 0.25) is 0 Å². The Hall–Kier alpha value is -1.29. The van der Waals surface area contributed by atoms with Gasteiger partial charge in [0.05, 0.1) is 0 Å². The maximum absolute atomic E-state index is 11.4. The Morgan fingerprint density at radius 1 is 1.38 bits per heavy atom. The van der Waals surface area contributed by atoms with Crippen LogP contribution in [0.15, 0.2) is 40.5 Å². The average Bonchev–Trinajstić information content (AvgIpc) is 2.29. The van der Waals surface area contributed by atoms with E-state index in [2.05, 4.69) is 26.6 Å². The van der Waals surface area contributed by atoms with E-state index in [1.165, 1.54) is 0 Å². The largest absolute Gasteiger partial charge is 0.323 e. The van der Waals surface area contributed by atoms with Crippen LogP contribution in [-0.2, 0) is 0 Å². The summed E-state index contributed by atoms with van der Waals surface area (Å²) in [5.41, 5.74) is 1.90. The van der Waals surface area contributed by atoms with Crippen molar-refractivity contribution < 1.29 is 4.79 Å². The lowest BCUT2D eigenvalue weighted by Gasteiger charge is -2.05. The third-order valence-corrected chi connectivity index (χ3v) is 2.64. The monoisotopic (exact) mass is 282 g/mol. The number of urea groups is 1. The quantitative estimate of drug-likeness (QED) is 0.868. The minimum atomic E-state index is -0.227. The molecule has 0 fully saturated rings. The number of rotatable bonds is 3. The lowest BCUT2D eigenvalue weighted by Crippen LogP contribution is -2.24. The van der Waals surface area contributed by atoms with E-state index in [1.807, 2.05) is 38.1 Å². The number of benzene rings is 1. The van der Waals surface area contributed by atoms with Crippen molar-refractivity contribution in [3.05, 3.63) is 40.5 Å². The van der Waals surface area contributed by atoms with Gasteiger partial charge in [0.25, 0.3) is 0 Å². The van der Waals surface area contributed by atoms with Crippen LogP contribution in [0, 0.1) is 0 Å². The van der Waals surface area contributed by atoms with Gasteiger partial charge in [-0.25, -0.2) is 4.79 Å². The Kier molecular flexibility index (Phi) is 5.05. The topological polar surface area (TPSA) is 41.1 Å². The predicted octanol–water partition coefficient (Wildman–Crippen LogP) is 3.88. The Morgan fingerprint density at radius 3 is 2.56 bits per heavy atom. The first-order valence-electron chi connectivity index (χ1n) is 5.10. The molecule has 2 N–H and O–H groups in total. The van der Waals surface area contributed by atoms with Crippen LogP contribution in [0.1, 0.15) is 20.3 Å². The van der Waals surface area contributed by atoms with Crippen LogP contribution < -0.4 is 10.6 Å². The summed E-state index contributed by atoms with van der Waals surface area (Å²) in [4.78, 5) is 11.4. The van der Waals surface area contributed by atoms with Crippen molar-refractivity contribution in [3.63, 3.8) is 0 Å². The van der Waals surface area contributed by atoms with Crippen LogP contribution in [0.25, 0.3) is 0 Å². The number of carbonyl (C=O) groups is 1. The second-order valence-electron chi connectivity index (χ2n) is 3.45. The van der Waals surface area contributed by atoms with Crippen molar-refractivity contribution in [3.8, 4) is 0 Å². The van der Waals surface area contributed by atoms with E-state index < -0.39 is 0 Å².